The van der Waals surface area contributed by atoms with E-state index in [4.69, 9.17) is 0 Å². The van der Waals surface area contributed by atoms with Crippen LogP contribution in [0.25, 0.3) is 0 Å². The zero-order valence-corrected chi connectivity index (χ0v) is 11.3. The summed E-state index contributed by atoms with van der Waals surface area (Å²) >= 11 is 5.13. The summed E-state index contributed by atoms with van der Waals surface area (Å²) in [5.41, 5.74) is 1.31. The number of rotatable bonds is 6. The molecule has 0 aliphatic carbocycles. The van der Waals surface area contributed by atoms with Gasteiger partial charge >= 0.3 is 0 Å². The first kappa shape index (κ1) is 12.4. The van der Waals surface area contributed by atoms with Crippen molar-refractivity contribution in [3.63, 3.8) is 0 Å². The van der Waals surface area contributed by atoms with Gasteiger partial charge in [-0.15, -0.1) is 11.3 Å². The maximum absolute atomic E-state index is 10.8. The van der Waals surface area contributed by atoms with Crippen LogP contribution >= 0.6 is 27.3 Å². The Kier molecular flexibility index (Phi) is 5.93. The predicted octanol–water partition coefficient (Wildman–Crippen LogP) is 2.37. The molecule has 0 bridgehead atoms. The molecule has 2 nitrogen and oxygen atoms in total. The summed E-state index contributed by atoms with van der Waals surface area (Å²) in [5.74, 6) is 0.792. The number of nitrogens with one attached hydrogen (secondary N) is 1. The third kappa shape index (κ3) is 5.24. The summed E-state index contributed by atoms with van der Waals surface area (Å²) in [7, 11) is -0.655. The molecule has 80 valence electrons. The minimum Gasteiger partial charge on any atom is -0.313 e. The van der Waals surface area contributed by atoms with Crippen molar-refractivity contribution in [1.29, 1.82) is 0 Å². The number of hydrogen-bond donors (Lipinski definition) is 1. The highest BCUT2D eigenvalue weighted by Crippen LogP contribution is 2.20. The van der Waals surface area contributed by atoms with Gasteiger partial charge in [-0.25, -0.2) is 0 Å². The van der Waals surface area contributed by atoms with Crippen LogP contribution in [-0.4, -0.2) is 22.8 Å². The van der Waals surface area contributed by atoms with Crippen molar-refractivity contribution in [2.75, 3.05) is 18.6 Å². The van der Waals surface area contributed by atoms with Crippen LogP contribution in [0.1, 0.15) is 12.0 Å². The van der Waals surface area contributed by atoms with Gasteiger partial charge in [0.05, 0.1) is 3.79 Å². The van der Waals surface area contributed by atoms with Gasteiger partial charge in [0.15, 0.2) is 0 Å². The second kappa shape index (κ2) is 6.71. The molecule has 0 aromatic carbocycles. The Morgan fingerprint density at radius 1 is 1.64 bits per heavy atom. The third-order valence-electron chi connectivity index (χ3n) is 1.74. The molecule has 5 heteroatoms. The first-order valence-electron chi connectivity index (χ1n) is 4.42. The summed E-state index contributed by atoms with van der Waals surface area (Å²) in [4.78, 5) is 0. The van der Waals surface area contributed by atoms with Crippen molar-refractivity contribution in [2.45, 2.75) is 13.0 Å². The average Bonchev–Trinajstić information content (AvgIpc) is 2.50. The molecule has 1 heterocycles. The third-order valence-corrected chi connectivity index (χ3v) is 4.15. The topological polar surface area (TPSA) is 29.1 Å². The maximum atomic E-state index is 10.8. The Hall–Kier alpha value is 0.290. The molecule has 1 N–H and O–H groups in total. The normalized spacial score (nSPS) is 13.0. The predicted molar refractivity (Wildman–Crippen MR) is 67.3 cm³/mol. The summed E-state index contributed by atoms with van der Waals surface area (Å²) < 4.78 is 11.9. The van der Waals surface area contributed by atoms with Gasteiger partial charge in [-0.05, 0) is 45.9 Å². The van der Waals surface area contributed by atoms with E-state index in [1.807, 2.05) is 0 Å². The molecular weight excluding hydrogens is 282 g/mol. The molecule has 14 heavy (non-hydrogen) atoms. The molecule has 1 rings (SSSR count). The standard InChI is InChI=1S/C9H14BrNOS2/c1-14(12)4-2-3-11-6-8-5-9(10)13-7-8/h5,7,11H,2-4,6H2,1H3. The van der Waals surface area contributed by atoms with E-state index in [2.05, 4.69) is 32.7 Å². The molecule has 1 aromatic heterocycles. The molecule has 0 saturated carbocycles. The van der Waals surface area contributed by atoms with Crippen LogP contribution in [0.15, 0.2) is 15.2 Å². The van der Waals surface area contributed by atoms with Crippen molar-refractivity contribution in [3.05, 3.63) is 20.8 Å². The van der Waals surface area contributed by atoms with E-state index < -0.39 is 10.8 Å². The van der Waals surface area contributed by atoms with Gasteiger partial charge in [0.1, 0.15) is 0 Å². The molecule has 0 aliphatic rings. The van der Waals surface area contributed by atoms with Gasteiger partial charge in [0, 0.05) is 29.4 Å². The van der Waals surface area contributed by atoms with Gasteiger partial charge in [0.25, 0.3) is 0 Å². The van der Waals surface area contributed by atoms with E-state index in [0.29, 0.717) is 0 Å². The lowest BCUT2D eigenvalue weighted by Gasteiger charge is -2.01. The Morgan fingerprint density at radius 2 is 2.43 bits per heavy atom. The van der Waals surface area contributed by atoms with Crippen molar-refractivity contribution >= 4 is 38.1 Å². The molecule has 1 unspecified atom stereocenters. The van der Waals surface area contributed by atoms with Gasteiger partial charge in [-0.3, -0.25) is 4.21 Å². The lowest BCUT2D eigenvalue weighted by Crippen LogP contribution is -2.16. The van der Waals surface area contributed by atoms with Crippen LogP contribution in [0, 0.1) is 0 Å². The van der Waals surface area contributed by atoms with E-state index in [1.165, 1.54) is 9.35 Å². The Balaban J connectivity index is 2.07. The highest BCUT2D eigenvalue weighted by Gasteiger charge is 1.96. The smallest absolute Gasteiger partial charge is 0.0701 e. The van der Waals surface area contributed by atoms with E-state index >= 15 is 0 Å². The first-order chi connectivity index (χ1) is 6.68. The largest absolute Gasteiger partial charge is 0.313 e. The van der Waals surface area contributed by atoms with Crippen molar-refractivity contribution < 1.29 is 4.21 Å². The van der Waals surface area contributed by atoms with Gasteiger partial charge in [0.2, 0.25) is 0 Å². The minimum absolute atomic E-state index is 0.655. The molecule has 1 atom stereocenters. The Morgan fingerprint density at radius 3 is 3.00 bits per heavy atom. The van der Waals surface area contributed by atoms with E-state index in [9.17, 15) is 4.21 Å². The summed E-state index contributed by atoms with van der Waals surface area (Å²) in [6.07, 6.45) is 2.73. The molecule has 0 fully saturated rings. The Bertz CT molecular complexity index is 301. The summed E-state index contributed by atoms with van der Waals surface area (Å²) in [6, 6.07) is 2.12. The van der Waals surface area contributed by atoms with Crippen LogP contribution in [0.5, 0.6) is 0 Å². The van der Waals surface area contributed by atoms with Gasteiger partial charge in [-0.1, -0.05) is 0 Å². The molecule has 0 amide bonds. The number of thiophene rings is 1. The zero-order chi connectivity index (χ0) is 10.4. The van der Waals surface area contributed by atoms with E-state index in [0.717, 1.165) is 25.3 Å². The second-order valence-corrected chi connectivity index (χ2v) is 6.91. The Labute approximate surface area is 99.7 Å². The monoisotopic (exact) mass is 295 g/mol. The van der Waals surface area contributed by atoms with Crippen LogP contribution in [0.4, 0.5) is 0 Å². The fraction of sp³-hybridized carbons (Fsp3) is 0.556. The first-order valence-corrected chi connectivity index (χ1v) is 7.82. The summed E-state index contributed by atoms with van der Waals surface area (Å²) in [6.45, 7) is 1.84. The van der Waals surface area contributed by atoms with Crippen LogP contribution in [0.2, 0.25) is 0 Å². The van der Waals surface area contributed by atoms with Crippen LogP contribution in [-0.2, 0) is 17.3 Å². The van der Waals surface area contributed by atoms with Crippen molar-refractivity contribution in [3.8, 4) is 0 Å². The lowest BCUT2D eigenvalue weighted by molar-refractivity contribution is 0.662. The lowest BCUT2D eigenvalue weighted by atomic mass is 10.3. The highest BCUT2D eigenvalue weighted by molar-refractivity contribution is 9.11. The quantitative estimate of drug-likeness (QED) is 0.817. The van der Waals surface area contributed by atoms with E-state index in [-0.39, 0.29) is 0 Å². The molecule has 0 spiro atoms. The minimum atomic E-state index is -0.655. The SMILES string of the molecule is CS(=O)CCCNCc1csc(Br)c1. The van der Waals surface area contributed by atoms with Crippen LogP contribution in [0.3, 0.4) is 0 Å². The zero-order valence-electron chi connectivity index (χ0n) is 8.09. The van der Waals surface area contributed by atoms with E-state index in [1.54, 1.807) is 17.6 Å². The summed E-state index contributed by atoms with van der Waals surface area (Å²) in [5, 5.41) is 5.46. The number of halogens is 1. The van der Waals surface area contributed by atoms with Gasteiger partial charge in [-0.2, -0.15) is 0 Å². The highest BCUT2D eigenvalue weighted by atomic mass is 79.9. The van der Waals surface area contributed by atoms with Crippen molar-refractivity contribution in [2.24, 2.45) is 0 Å². The average molecular weight is 296 g/mol. The maximum Gasteiger partial charge on any atom is 0.0701 e. The second-order valence-electron chi connectivity index (χ2n) is 3.07. The molecule has 1 aromatic rings. The van der Waals surface area contributed by atoms with Crippen molar-refractivity contribution in [1.82, 2.24) is 5.32 Å². The molecule has 0 radical (unpaired) electrons. The van der Waals surface area contributed by atoms with Crippen LogP contribution < -0.4 is 5.32 Å². The molecule has 0 saturated heterocycles. The van der Waals surface area contributed by atoms with Gasteiger partial charge < -0.3 is 5.32 Å². The fourth-order valence-corrected chi connectivity index (χ4v) is 2.83. The number of hydrogen-bond acceptors (Lipinski definition) is 3. The fourth-order valence-electron chi connectivity index (χ4n) is 1.07. The molecular formula is C9H14BrNOS2. The molecule has 0 aliphatic heterocycles.